The Balaban J connectivity index is 2.30. The monoisotopic (exact) mass is 166 g/mol. The summed E-state index contributed by atoms with van der Waals surface area (Å²) in [5.41, 5.74) is 5.80. The molecule has 2 nitrogen and oxygen atoms in total. The minimum atomic E-state index is 0.416. The van der Waals surface area contributed by atoms with Gasteiger partial charge in [0.05, 0.1) is 0 Å². The van der Waals surface area contributed by atoms with Crippen LogP contribution in [0.25, 0.3) is 0 Å². The molecule has 1 rings (SSSR count). The second-order valence-electron chi connectivity index (χ2n) is 3.63. The molecule has 0 saturated carbocycles. The normalized spacial score (nSPS) is 23.4. The quantitative estimate of drug-likeness (QED) is 0.615. The van der Waals surface area contributed by atoms with Crippen molar-refractivity contribution < 1.29 is 0 Å². The van der Waals surface area contributed by atoms with Gasteiger partial charge in [-0.15, -0.1) is 12.3 Å². The van der Waals surface area contributed by atoms with Crippen molar-refractivity contribution in [3.8, 4) is 12.3 Å². The van der Waals surface area contributed by atoms with Crippen LogP contribution in [0.2, 0.25) is 0 Å². The Bertz CT molecular complexity index is 163. The molecule has 12 heavy (non-hydrogen) atoms. The molecule has 1 heterocycles. The Labute approximate surface area is 75.1 Å². The van der Waals surface area contributed by atoms with E-state index in [-0.39, 0.29) is 0 Å². The van der Waals surface area contributed by atoms with E-state index >= 15 is 0 Å². The van der Waals surface area contributed by atoms with Gasteiger partial charge in [0.1, 0.15) is 0 Å². The average molecular weight is 166 g/mol. The van der Waals surface area contributed by atoms with Crippen molar-refractivity contribution >= 4 is 0 Å². The highest BCUT2D eigenvalue weighted by atomic mass is 15.2. The topological polar surface area (TPSA) is 29.3 Å². The van der Waals surface area contributed by atoms with Crippen molar-refractivity contribution in [1.82, 2.24) is 4.90 Å². The van der Waals surface area contributed by atoms with Crippen molar-refractivity contribution in [2.75, 3.05) is 13.1 Å². The van der Waals surface area contributed by atoms with Crippen LogP contribution in [0.3, 0.4) is 0 Å². The third-order valence-electron chi connectivity index (χ3n) is 2.61. The summed E-state index contributed by atoms with van der Waals surface area (Å²) < 4.78 is 0. The molecule has 0 amide bonds. The molecular weight excluding hydrogens is 148 g/mol. The molecule has 1 aliphatic rings. The number of hydrogen-bond donors (Lipinski definition) is 1. The van der Waals surface area contributed by atoms with E-state index in [1.165, 1.54) is 0 Å². The number of terminal acetylenes is 1. The lowest BCUT2D eigenvalue weighted by molar-refractivity contribution is 0.165. The molecule has 0 aliphatic carbocycles. The van der Waals surface area contributed by atoms with Crippen LogP contribution >= 0.6 is 0 Å². The zero-order valence-electron chi connectivity index (χ0n) is 7.79. The van der Waals surface area contributed by atoms with Gasteiger partial charge in [0.25, 0.3) is 0 Å². The highest BCUT2D eigenvalue weighted by Gasteiger charge is 2.19. The maximum absolute atomic E-state index is 5.80. The van der Waals surface area contributed by atoms with Crippen LogP contribution in [-0.4, -0.2) is 30.1 Å². The van der Waals surface area contributed by atoms with Gasteiger partial charge in [0.15, 0.2) is 0 Å². The highest BCUT2D eigenvalue weighted by Crippen LogP contribution is 2.12. The Kier molecular flexibility index (Phi) is 3.58. The second kappa shape index (κ2) is 4.49. The standard InChI is InChI=1S/C10H18N2/c1-3-4-9(2)12-7-5-10(11)6-8-12/h1,9-10H,4-8,11H2,2H3. The first-order valence-electron chi connectivity index (χ1n) is 4.67. The predicted molar refractivity (Wildman–Crippen MR) is 51.7 cm³/mol. The van der Waals surface area contributed by atoms with Gasteiger partial charge in [-0.2, -0.15) is 0 Å². The van der Waals surface area contributed by atoms with Crippen LogP contribution in [-0.2, 0) is 0 Å². The molecule has 2 N–H and O–H groups in total. The molecule has 2 heteroatoms. The van der Waals surface area contributed by atoms with Gasteiger partial charge in [-0.05, 0) is 32.9 Å². The number of nitrogens with zero attached hydrogens (tertiary/aromatic N) is 1. The van der Waals surface area contributed by atoms with Gasteiger partial charge in [-0.1, -0.05) is 0 Å². The summed E-state index contributed by atoms with van der Waals surface area (Å²) in [7, 11) is 0. The molecule has 1 fully saturated rings. The van der Waals surface area contributed by atoms with Crippen molar-refractivity contribution in [2.24, 2.45) is 5.73 Å². The Morgan fingerprint density at radius 1 is 1.58 bits per heavy atom. The maximum atomic E-state index is 5.80. The first-order valence-corrected chi connectivity index (χ1v) is 4.67. The molecular formula is C10H18N2. The van der Waals surface area contributed by atoms with Gasteiger partial charge < -0.3 is 5.73 Å². The van der Waals surface area contributed by atoms with Crippen LogP contribution in [0.1, 0.15) is 26.2 Å². The molecule has 68 valence electrons. The van der Waals surface area contributed by atoms with Gasteiger partial charge >= 0.3 is 0 Å². The fourth-order valence-electron chi connectivity index (χ4n) is 1.66. The summed E-state index contributed by atoms with van der Waals surface area (Å²) in [6.07, 6.45) is 8.36. The number of piperidine rings is 1. The van der Waals surface area contributed by atoms with E-state index in [9.17, 15) is 0 Å². The molecule has 0 radical (unpaired) electrons. The SMILES string of the molecule is C#CCC(C)N1CCC(N)CC1. The van der Waals surface area contributed by atoms with Crippen LogP contribution < -0.4 is 5.73 Å². The van der Waals surface area contributed by atoms with E-state index in [1.807, 2.05) is 0 Å². The number of likely N-dealkylation sites (tertiary alicyclic amines) is 1. The summed E-state index contributed by atoms with van der Waals surface area (Å²) in [5.74, 6) is 2.70. The lowest BCUT2D eigenvalue weighted by atomic mass is 10.0. The van der Waals surface area contributed by atoms with Crippen LogP contribution in [0.5, 0.6) is 0 Å². The van der Waals surface area contributed by atoms with Crippen LogP contribution in [0.15, 0.2) is 0 Å². The lowest BCUT2D eigenvalue weighted by Gasteiger charge is -2.34. The molecule has 0 spiro atoms. The Morgan fingerprint density at radius 2 is 2.17 bits per heavy atom. The zero-order valence-corrected chi connectivity index (χ0v) is 7.79. The van der Waals surface area contributed by atoms with Crippen LogP contribution in [0, 0.1) is 12.3 Å². The minimum absolute atomic E-state index is 0.416. The van der Waals surface area contributed by atoms with E-state index in [4.69, 9.17) is 12.2 Å². The van der Waals surface area contributed by atoms with Gasteiger partial charge in [-0.25, -0.2) is 0 Å². The average Bonchev–Trinajstić information content (AvgIpc) is 2.06. The first kappa shape index (κ1) is 9.57. The molecule has 1 atom stereocenters. The Hall–Kier alpha value is -0.520. The highest BCUT2D eigenvalue weighted by molar-refractivity contribution is 4.90. The summed E-state index contributed by atoms with van der Waals surface area (Å²) in [6.45, 7) is 4.42. The molecule has 1 aliphatic heterocycles. The fraction of sp³-hybridized carbons (Fsp3) is 0.800. The summed E-state index contributed by atoms with van der Waals surface area (Å²) >= 11 is 0. The maximum Gasteiger partial charge on any atom is 0.0240 e. The molecule has 1 saturated heterocycles. The number of rotatable bonds is 2. The van der Waals surface area contributed by atoms with Gasteiger partial charge in [0.2, 0.25) is 0 Å². The smallest absolute Gasteiger partial charge is 0.0240 e. The van der Waals surface area contributed by atoms with Crippen molar-refractivity contribution in [3.63, 3.8) is 0 Å². The number of hydrogen-bond acceptors (Lipinski definition) is 2. The summed E-state index contributed by atoms with van der Waals surface area (Å²) in [4.78, 5) is 2.43. The summed E-state index contributed by atoms with van der Waals surface area (Å²) in [5, 5.41) is 0. The zero-order chi connectivity index (χ0) is 8.97. The first-order chi connectivity index (χ1) is 5.74. The van der Waals surface area contributed by atoms with E-state index in [0.29, 0.717) is 12.1 Å². The minimum Gasteiger partial charge on any atom is -0.328 e. The molecule has 0 bridgehead atoms. The Morgan fingerprint density at radius 3 is 2.67 bits per heavy atom. The van der Waals surface area contributed by atoms with Gasteiger partial charge in [0, 0.05) is 18.5 Å². The third kappa shape index (κ3) is 2.51. The molecule has 0 aromatic rings. The van der Waals surface area contributed by atoms with E-state index in [1.54, 1.807) is 0 Å². The number of nitrogens with two attached hydrogens (primary N) is 1. The third-order valence-corrected chi connectivity index (χ3v) is 2.61. The van der Waals surface area contributed by atoms with E-state index < -0.39 is 0 Å². The van der Waals surface area contributed by atoms with Gasteiger partial charge in [-0.3, -0.25) is 4.90 Å². The van der Waals surface area contributed by atoms with Crippen molar-refractivity contribution in [1.29, 1.82) is 0 Å². The molecule has 1 unspecified atom stereocenters. The molecule has 0 aromatic carbocycles. The molecule has 0 aromatic heterocycles. The van der Waals surface area contributed by atoms with E-state index in [0.717, 1.165) is 32.4 Å². The van der Waals surface area contributed by atoms with Crippen LogP contribution in [0.4, 0.5) is 0 Å². The fourth-order valence-corrected chi connectivity index (χ4v) is 1.66. The predicted octanol–water partition coefficient (Wildman–Crippen LogP) is 0.821. The van der Waals surface area contributed by atoms with Crippen molar-refractivity contribution in [2.45, 2.75) is 38.3 Å². The lowest BCUT2D eigenvalue weighted by Crippen LogP contribution is -2.43. The largest absolute Gasteiger partial charge is 0.328 e. The second-order valence-corrected chi connectivity index (χ2v) is 3.63. The summed E-state index contributed by atoms with van der Waals surface area (Å²) in [6, 6.07) is 0.946. The van der Waals surface area contributed by atoms with Crippen molar-refractivity contribution in [3.05, 3.63) is 0 Å². The van der Waals surface area contributed by atoms with E-state index in [2.05, 4.69) is 17.7 Å².